The summed E-state index contributed by atoms with van der Waals surface area (Å²) in [5, 5.41) is 2.91. The zero-order chi connectivity index (χ0) is 15.2. The van der Waals surface area contributed by atoms with Crippen molar-refractivity contribution >= 4 is 18.3 Å². The Morgan fingerprint density at radius 2 is 2.14 bits per heavy atom. The smallest absolute Gasteiger partial charge is 0.224 e. The molecular formula is C17H28ClN3O. The number of halogens is 1. The van der Waals surface area contributed by atoms with E-state index in [1.165, 1.54) is 16.7 Å². The van der Waals surface area contributed by atoms with Crippen LogP contribution in [-0.2, 0) is 11.3 Å². The number of hydrogen-bond acceptors (Lipinski definition) is 3. The van der Waals surface area contributed by atoms with Gasteiger partial charge in [0.1, 0.15) is 0 Å². The fourth-order valence-electron chi connectivity index (χ4n) is 2.91. The summed E-state index contributed by atoms with van der Waals surface area (Å²) in [6.07, 6.45) is 2.07. The van der Waals surface area contributed by atoms with Gasteiger partial charge in [0.25, 0.3) is 0 Å². The van der Waals surface area contributed by atoms with Crippen molar-refractivity contribution in [3.8, 4) is 0 Å². The molecule has 0 spiro atoms. The molecule has 1 aliphatic rings. The molecule has 1 saturated heterocycles. The van der Waals surface area contributed by atoms with Crippen molar-refractivity contribution in [2.45, 2.75) is 33.2 Å². The number of benzene rings is 1. The first-order valence-electron chi connectivity index (χ1n) is 7.86. The standard InChI is InChI=1S/C17H27N3O.ClH/c1-13-5-6-15(10-14(13)2)11-20-9-3-4-16(12-20)17(21)19-8-7-18;/h5-6,10,16H,3-4,7-9,11-12,18H2,1-2H3,(H,19,21);1H. The Morgan fingerprint density at radius 3 is 2.82 bits per heavy atom. The second-order valence-corrected chi connectivity index (χ2v) is 6.07. The topological polar surface area (TPSA) is 58.4 Å². The van der Waals surface area contributed by atoms with Gasteiger partial charge in [0.2, 0.25) is 5.91 Å². The number of nitrogens with one attached hydrogen (secondary N) is 1. The number of likely N-dealkylation sites (tertiary alicyclic amines) is 1. The summed E-state index contributed by atoms with van der Waals surface area (Å²) in [6, 6.07) is 6.63. The lowest BCUT2D eigenvalue weighted by Crippen LogP contribution is -2.43. The van der Waals surface area contributed by atoms with Crippen LogP contribution < -0.4 is 11.1 Å². The molecule has 0 aliphatic carbocycles. The Bertz CT molecular complexity index is 493. The molecule has 3 N–H and O–H groups in total. The molecule has 1 aliphatic heterocycles. The SMILES string of the molecule is Cc1ccc(CN2CCCC(C(=O)NCCN)C2)cc1C.Cl. The minimum Gasteiger partial charge on any atom is -0.355 e. The Morgan fingerprint density at radius 1 is 1.36 bits per heavy atom. The van der Waals surface area contributed by atoms with E-state index < -0.39 is 0 Å². The largest absolute Gasteiger partial charge is 0.355 e. The number of carbonyl (C=O) groups excluding carboxylic acids is 1. The average molecular weight is 326 g/mol. The van der Waals surface area contributed by atoms with E-state index in [9.17, 15) is 4.79 Å². The normalized spacial score (nSPS) is 18.6. The van der Waals surface area contributed by atoms with Crippen molar-refractivity contribution in [2.75, 3.05) is 26.2 Å². The van der Waals surface area contributed by atoms with Crippen LogP contribution in [0.5, 0.6) is 0 Å². The Balaban J connectivity index is 0.00000242. The van der Waals surface area contributed by atoms with Gasteiger partial charge in [-0.05, 0) is 49.9 Å². The molecule has 4 nitrogen and oxygen atoms in total. The summed E-state index contributed by atoms with van der Waals surface area (Å²) in [4.78, 5) is 14.4. The van der Waals surface area contributed by atoms with Crippen LogP contribution in [0.15, 0.2) is 18.2 Å². The second-order valence-electron chi connectivity index (χ2n) is 6.07. The molecule has 124 valence electrons. The molecule has 0 aromatic heterocycles. The summed E-state index contributed by atoms with van der Waals surface area (Å²) in [5.41, 5.74) is 9.44. The maximum absolute atomic E-state index is 12.1. The average Bonchev–Trinajstić information content (AvgIpc) is 2.49. The van der Waals surface area contributed by atoms with Gasteiger partial charge in [0, 0.05) is 26.2 Å². The van der Waals surface area contributed by atoms with Gasteiger partial charge >= 0.3 is 0 Å². The maximum Gasteiger partial charge on any atom is 0.224 e. The highest BCUT2D eigenvalue weighted by molar-refractivity contribution is 5.85. The quantitative estimate of drug-likeness (QED) is 0.870. The van der Waals surface area contributed by atoms with Crippen LogP contribution >= 0.6 is 12.4 Å². The summed E-state index contributed by atoms with van der Waals surface area (Å²) < 4.78 is 0. The molecule has 1 atom stereocenters. The predicted octanol–water partition coefficient (Wildman–Crippen LogP) is 2.01. The zero-order valence-corrected chi connectivity index (χ0v) is 14.4. The van der Waals surface area contributed by atoms with E-state index in [0.29, 0.717) is 13.1 Å². The molecule has 0 radical (unpaired) electrons. The first-order chi connectivity index (χ1) is 10.1. The number of amides is 1. The van der Waals surface area contributed by atoms with Crippen LogP contribution in [-0.4, -0.2) is 37.0 Å². The molecule has 1 heterocycles. The van der Waals surface area contributed by atoms with Crippen LogP contribution in [0.1, 0.15) is 29.5 Å². The third-order valence-electron chi connectivity index (χ3n) is 4.30. The second kappa shape index (κ2) is 9.13. The van der Waals surface area contributed by atoms with Crippen LogP contribution in [0.4, 0.5) is 0 Å². The van der Waals surface area contributed by atoms with Gasteiger partial charge in [-0.25, -0.2) is 0 Å². The molecule has 2 rings (SSSR count). The van der Waals surface area contributed by atoms with E-state index in [4.69, 9.17) is 5.73 Å². The van der Waals surface area contributed by atoms with E-state index >= 15 is 0 Å². The minimum atomic E-state index is 0. The number of rotatable bonds is 5. The summed E-state index contributed by atoms with van der Waals surface area (Å²) in [6.45, 7) is 8.23. The monoisotopic (exact) mass is 325 g/mol. The van der Waals surface area contributed by atoms with Gasteiger partial charge in [-0.3, -0.25) is 9.69 Å². The molecule has 1 fully saturated rings. The highest BCUT2D eigenvalue weighted by atomic mass is 35.5. The molecule has 0 bridgehead atoms. The summed E-state index contributed by atoms with van der Waals surface area (Å²) in [5.74, 6) is 0.266. The third kappa shape index (κ3) is 5.27. The Labute approximate surface area is 139 Å². The van der Waals surface area contributed by atoms with Crippen molar-refractivity contribution < 1.29 is 4.79 Å². The number of piperidine rings is 1. The van der Waals surface area contributed by atoms with Crippen molar-refractivity contribution in [2.24, 2.45) is 11.7 Å². The lowest BCUT2D eigenvalue weighted by Gasteiger charge is -2.32. The van der Waals surface area contributed by atoms with Gasteiger partial charge in [-0.2, -0.15) is 0 Å². The summed E-state index contributed by atoms with van der Waals surface area (Å²) >= 11 is 0. The molecular weight excluding hydrogens is 298 g/mol. The van der Waals surface area contributed by atoms with Crippen molar-refractivity contribution in [1.29, 1.82) is 0 Å². The lowest BCUT2D eigenvalue weighted by atomic mass is 9.96. The fourth-order valence-corrected chi connectivity index (χ4v) is 2.91. The molecule has 5 heteroatoms. The third-order valence-corrected chi connectivity index (χ3v) is 4.30. The number of hydrogen-bond donors (Lipinski definition) is 2. The lowest BCUT2D eigenvalue weighted by molar-refractivity contribution is -0.126. The van der Waals surface area contributed by atoms with E-state index in [1.807, 2.05) is 0 Å². The van der Waals surface area contributed by atoms with Crippen LogP contribution in [0.3, 0.4) is 0 Å². The number of nitrogens with zero attached hydrogens (tertiary/aromatic N) is 1. The first-order valence-corrected chi connectivity index (χ1v) is 7.86. The van der Waals surface area contributed by atoms with Crippen molar-refractivity contribution in [3.63, 3.8) is 0 Å². The van der Waals surface area contributed by atoms with Gasteiger partial charge < -0.3 is 11.1 Å². The van der Waals surface area contributed by atoms with Gasteiger partial charge in [0.15, 0.2) is 0 Å². The highest BCUT2D eigenvalue weighted by Crippen LogP contribution is 2.19. The van der Waals surface area contributed by atoms with Gasteiger partial charge in [-0.1, -0.05) is 18.2 Å². The van der Waals surface area contributed by atoms with Gasteiger partial charge in [-0.15, -0.1) is 12.4 Å². The van der Waals surface area contributed by atoms with Crippen LogP contribution in [0, 0.1) is 19.8 Å². The first kappa shape index (κ1) is 18.9. The van der Waals surface area contributed by atoms with Crippen molar-refractivity contribution in [3.05, 3.63) is 34.9 Å². The predicted molar refractivity (Wildman–Crippen MR) is 93.2 cm³/mol. The molecule has 1 aromatic carbocycles. The number of carbonyl (C=O) groups is 1. The number of aryl methyl sites for hydroxylation is 2. The maximum atomic E-state index is 12.1. The van der Waals surface area contributed by atoms with Crippen LogP contribution in [0.2, 0.25) is 0 Å². The Kier molecular flexibility index (Phi) is 7.87. The highest BCUT2D eigenvalue weighted by Gasteiger charge is 2.25. The molecule has 22 heavy (non-hydrogen) atoms. The molecule has 1 unspecified atom stereocenters. The fraction of sp³-hybridized carbons (Fsp3) is 0.588. The van der Waals surface area contributed by atoms with E-state index in [1.54, 1.807) is 0 Å². The Hall–Kier alpha value is -1.10. The van der Waals surface area contributed by atoms with Crippen molar-refractivity contribution in [1.82, 2.24) is 10.2 Å². The minimum absolute atomic E-state index is 0. The van der Waals surface area contributed by atoms with Crippen LogP contribution in [0.25, 0.3) is 0 Å². The van der Waals surface area contributed by atoms with E-state index in [-0.39, 0.29) is 24.2 Å². The zero-order valence-electron chi connectivity index (χ0n) is 13.6. The van der Waals surface area contributed by atoms with E-state index in [0.717, 1.165) is 32.5 Å². The number of nitrogens with two attached hydrogens (primary N) is 1. The molecule has 1 aromatic rings. The van der Waals surface area contributed by atoms with Gasteiger partial charge in [0.05, 0.1) is 5.92 Å². The molecule has 0 saturated carbocycles. The summed E-state index contributed by atoms with van der Waals surface area (Å²) in [7, 11) is 0. The van der Waals surface area contributed by atoms with E-state index in [2.05, 4.69) is 42.3 Å². The molecule has 1 amide bonds.